The molecule has 0 spiro atoms. The van der Waals surface area contributed by atoms with Crippen LogP contribution in [0.2, 0.25) is 0 Å². The van der Waals surface area contributed by atoms with Crippen molar-refractivity contribution >= 4 is 32.8 Å². The second-order valence-corrected chi connectivity index (χ2v) is 5.32. The average molecular weight is 339 g/mol. The van der Waals surface area contributed by atoms with Crippen molar-refractivity contribution in [2.24, 2.45) is 0 Å². The predicted molar refractivity (Wildman–Crippen MR) is 84.0 cm³/mol. The first-order chi connectivity index (χ1) is 9.26. The Hall–Kier alpha value is -1.10. The lowest BCUT2D eigenvalue weighted by Gasteiger charge is -2.13. The minimum atomic E-state index is 0.245. The Balaban J connectivity index is 2.44. The molecule has 0 aliphatic heterocycles. The molecule has 0 saturated carbocycles. The van der Waals surface area contributed by atoms with Gasteiger partial charge >= 0.3 is 0 Å². The van der Waals surface area contributed by atoms with Crippen LogP contribution in [-0.4, -0.2) is 13.9 Å². The van der Waals surface area contributed by atoms with Gasteiger partial charge in [-0.1, -0.05) is 27.6 Å². The van der Waals surface area contributed by atoms with E-state index in [-0.39, 0.29) is 6.79 Å². The highest BCUT2D eigenvalue weighted by molar-refractivity contribution is 9.11. The number of methoxy groups -OCH3 is 1. The molecule has 0 amide bonds. The summed E-state index contributed by atoms with van der Waals surface area (Å²) < 4.78 is 10.6. The highest BCUT2D eigenvalue weighted by Gasteiger charge is 2.11. The fourth-order valence-electron chi connectivity index (χ4n) is 1.80. The van der Waals surface area contributed by atoms with Crippen LogP contribution in [0.25, 0.3) is 5.57 Å². The number of rotatable bonds is 5. The highest BCUT2D eigenvalue weighted by Crippen LogP contribution is 2.33. The van der Waals surface area contributed by atoms with Crippen molar-refractivity contribution in [2.75, 3.05) is 13.9 Å². The third kappa shape index (κ3) is 3.47. The summed E-state index contributed by atoms with van der Waals surface area (Å²) in [7, 11) is 1.62. The molecule has 4 heteroatoms. The molecular weight excluding hydrogens is 324 g/mol. The summed E-state index contributed by atoms with van der Waals surface area (Å²) in [4.78, 5) is 1.93. The molecule has 100 valence electrons. The maximum Gasteiger partial charge on any atom is 0.188 e. The molecule has 0 aliphatic carbocycles. The van der Waals surface area contributed by atoms with Crippen molar-refractivity contribution in [3.05, 3.63) is 56.7 Å². The van der Waals surface area contributed by atoms with Gasteiger partial charge in [0.25, 0.3) is 0 Å². The SMILES string of the molecule is COCOc1ccc(C)cc1/C(=C/Br)c1ccsc1. The van der Waals surface area contributed by atoms with Gasteiger partial charge in [0.05, 0.1) is 0 Å². The van der Waals surface area contributed by atoms with Crippen molar-refractivity contribution < 1.29 is 9.47 Å². The van der Waals surface area contributed by atoms with E-state index in [4.69, 9.17) is 9.47 Å². The molecule has 0 aliphatic rings. The van der Waals surface area contributed by atoms with Crippen LogP contribution in [0.5, 0.6) is 5.75 Å². The number of thiophene rings is 1. The van der Waals surface area contributed by atoms with E-state index in [9.17, 15) is 0 Å². The second-order valence-electron chi connectivity index (χ2n) is 4.09. The fourth-order valence-corrected chi connectivity index (χ4v) is 2.96. The quantitative estimate of drug-likeness (QED) is 0.727. The first-order valence-electron chi connectivity index (χ1n) is 5.82. The minimum absolute atomic E-state index is 0.245. The van der Waals surface area contributed by atoms with Crippen LogP contribution < -0.4 is 4.74 Å². The van der Waals surface area contributed by atoms with Gasteiger partial charge in [0.2, 0.25) is 0 Å². The highest BCUT2D eigenvalue weighted by atomic mass is 79.9. The van der Waals surface area contributed by atoms with Gasteiger partial charge in [0.15, 0.2) is 6.79 Å². The lowest BCUT2D eigenvalue weighted by Crippen LogP contribution is -2.02. The second kappa shape index (κ2) is 6.89. The molecule has 0 bridgehead atoms. The first kappa shape index (κ1) is 14.3. The molecular formula is C15H15BrO2S. The standard InChI is InChI=1S/C15H15BrO2S/c1-11-3-4-15(18-10-17-2)13(7-11)14(8-16)12-5-6-19-9-12/h3-9H,10H2,1-2H3/b14-8+. The lowest BCUT2D eigenvalue weighted by atomic mass is 9.99. The molecule has 0 radical (unpaired) electrons. The van der Waals surface area contributed by atoms with Crippen molar-refractivity contribution in [1.29, 1.82) is 0 Å². The van der Waals surface area contributed by atoms with Crippen LogP contribution in [0, 0.1) is 6.92 Å². The number of aryl methyl sites for hydroxylation is 1. The molecule has 1 aromatic carbocycles. The Morgan fingerprint density at radius 3 is 2.84 bits per heavy atom. The van der Waals surface area contributed by atoms with Crippen molar-refractivity contribution in [1.82, 2.24) is 0 Å². The summed E-state index contributed by atoms with van der Waals surface area (Å²) in [5.74, 6) is 0.823. The molecule has 2 aromatic rings. The van der Waals surface area contributed by atoms with E-state index < -0.39 is 0 Å². The van der Waals surface area contributed by atoms with Crippen LogP contribution in [-0.2, 0) is 4.74 Å². The summed E-state index contributed by atoms with van der Waals surface area (Å²) >= 11 is 5.14. The topological polar surface area (TPSA) is 18.5 Å². The van der Waals surface area contributed by atoms with Crippen molar-refractivity contribution in [3.8, 4) is 5.75 Å². The molecule has 0 fully saturated rings. The molecule has 0 saturated heterocycles. The van der Waals surface area contributed by atoms with Crippen LogP contribution in [0.1, 0.15) is 16.7 Å². The van der Waals surface area contributed by atoms with Gasteiger partial charge < -0.3 is 9.47 Å². The van der Waals surface area contributed by atoms with E-state index >= 15 is 0 Å². The normalized spacial score (nSPS) is 11.6. The summed E-state index contributed by atoms with van der Waals surface area (Å²) in [5, 5.41) is 4.19. The molecule has 2 rings (SSSR count). The zero-order valence-corrected chi connectivity index (χ0v) is 13.3. The van der Waals surface area contributed by atoms with Gasteiger partial charge in [-0.15, -0.1) is 0 Å². The Morgan fingerprint density at radius 2 is 2.21 bits per heavy atom. The van der Waals surface area contributed by atoms with Crippen LogP contribution in [0.3, 0.4) is 0 Å². The minimum Gasteiger partial charge on any atom is -0.467 e. The van der Waals surface area contributed by atoms with Crippen LogP contribution in [0.4, 0.5) is 0 Å². The number of ether oxygens (including phenoxy) is 2. The van der Waals surface area contributed by atoms with Crippen LogP contribution >= 0.6 is 27.3 Å². The Morgan fingerprint density at radius 1 is 1.37 bits per heavy atom. The van der Waals surface area contributed by atoms with E-state index in [1.807, 2.05) is 17.1 Å². The van der Waals surface area contributed by atoms with E-state index in [1.165, 1.54) is 11.1 Å². The number of benzene rings is 1. The number of halogens is 1. The maximum absolute atomic E-state index is 5.64. The first-order valence-corrected chi connectivity index (χ1v) is 7.68. The average Bonchev–Trinajstić information content (AvgIpc) is 2.93. The molecule has 0 unspecified atom stereocenters. The van der Waals surface area contributed by atoms with E-state index in [0.29, 0.717) is 0 Å². The largest absolute Gasteiger partial charge is 0.467 e. The van der Waals surface area contributed by atoms with Gasteiger partial charge in [-0.05, 0) is 46.4 Å². The summed E-state index contributed by atoms with van der Waals surface area (Å²) in [6.45, 7) is 2.32. The monoisotopic (exact) mass is 338 g/mol. The van der Waals surface area contributed by atoms with E-state index in [0.717, 1.165) is 16.9 Å². The number of hydrogen-bond acceptors (Lipinski definition) is 3. The smallest absolute Gasteiger partial charge is 0.188 e. The third-order valence-electron chi connectivity index (χ3n) is 2.70. The summed E-state index contributed by atoms with van der Waals surface area (Å²) in [6.07, 6.45) is 0. The Kier molecular flexibility index (Phi) is 5.19. The van der Waals surface area contributed by atoms with Gasteiger partial charge in [0, 0.05) is 18.2 Å². The summed E-state index contributed by atoms with van der Waals surface area (Å²) in [5.41, 5.74) is 4.54. The summed E-state index contributed by atoms with van der Waals surface area (Å²) in [6, 6.07) is 8.23. The molecule has 1 aromatic heterocycles. The zero-order valence-electron chi connectivity index (χ0n) is 10.9. The molecule has 19 heavy (non-hydrogen) atoms. The third-order valence-corrected chi connectivity index (χ3v) is 3.84. The Labute approximate surface area is 125 Å². The van der Waals surface area contributed by atoms with Crippen molar-refractivity contribution in [3.63, 3.8) is 0 Å². The molecule has 0 atom stereocenters. The zero-order chi connectivity index (χ0) is 13.7. The van der Waals surface area contributed by atoms with Crippen LogP contribution in [0.15, 0.2) is 40.0 Å². The van der Waals surface area contributed by atoms with E-state index in [2.05, 4.69) is 45.7 Å². The number of hydrogen-bond donors (Lipinski definition) is 0. The van der Waals surface area contributed by atoms with Crippen molar-refractivity contribution in [2.45, 2.75) is 6.92 Å². The van der Waals surface area contributed by atoms with Gasteiger partial charge in [0.1, 0.15) is 5.75 Å². The molecule has 0 N–H and O–H groups in total. The molecule has 2 nitrogen and oxygen atoms in total. The van der Waals surface area contributed by atoms with Gasteiger partial charge in [-0.25, -0.2) is 0 Å². The lowest BCUT2D eigenvalue weighted by molar-refractivity contribution is 0.0509. The van der Waals surface area contributed by atoms with Gasteiger partial charge in [-0.3, -0.25) is 0 Å². The predicted octanol–water partition coefficient (Wildman–Crippen LogP) is 4.82. The maximum atomic E-state index is 5.64. The van der Waals surface area contributed by atoms with Gasteiger partial charge in [-0.2, -0.15) is 11.3 Å². The molecule has 1 heterocycles. The fraction of sp³-hybridized carbons (Fsp3) is 0.200. The Bertz CT molecular complexity index is 562. The van der Waals surface area contributed by atoms with E-state index in [1.54, 1.807) is 18.4 Å².